The largest absolute Gasteiger partial charge is 0.382 e. The quantitative estimate of drug-likeness (QED) is 0.862. The zero-order valence-corrected chi connectivity index (χ0v) is 11.7. The number of hydrogen-bond donors (Lipinski definition) is 1. The monoisotopic (exact) mass is 284 g/mol. The molecule has 0 aliphatic carbocycles. The summed E-state index contributed by atoms with van der Waals surface area (Å²) in [5, 5.41) is 4.16. The number of anilines is 1. The van der Waals surface area contributed by atoms with Crippen LogP contribution in [-0.2, 0) is 6.54 Å². The highest BCUT2D eigenvalue weighted by Crippen LogP contribution is 2.22. The van der Waals surface area contributed by atoms with Crippen molar-refractivity contribution in [2.75, 3.05) is 12.3 Å². The van der Waals surface area contributed by atoms with Crippen molar-refractivity contribution in [1.82, 2.24) is 14.7 Å². The van der Waals surface area contributed by atoms with Gasteiger partial charge in [-0.15, -0.1) is 0 Å². The van der Waals surface area contributed by atoms with Gasteiger partial charge in [0.15, 0.2) is 0 Å². The van der Waals surface area contributed by atoms with Gasteiger partial charge in [0.2, 0.25) is 0 Å². The second-order valence-corrected chi connectivity index (χ2v) is 5.09. The zero-order chi connectivity index (χ0) is 15.0. The fourth-order valence-corrected chi connectivity index (χ4v) is 2.58. The van der Waals surface area contributed by atoms with E-state index in [2.05, 4.69) is 5.10 Å². The number of amides is 2. The average Bonchev–Trinajstić information content (AvgIpc) is 2.91. The van der Waals surface area contributed by atoms with E-state index in [9.17, 15) is 9.59 Å². The van der Waals surface area contributed by atoms with Crippen molar-refractivity contribution in [3.8, 4) is 0 Å². The molecule has 2 amide bonds. The Kier molecular flexibility index (Phi) is 3.21. The van der Waals surface area contributed by atoms with Crippen molar-refractivity contribution in [2.24, 2.45) is 0 Å². The Bertz CT molecular complexity index is 685. The van der Waals surface area contributed by atoms with Gasteiger partial charge in [0, 0.05) is 24.8 Å². The van der Waals surface area contributed by atoms with E-state index < -0.39 is 0 Å². The van der Waals surface area contributed by atoms with Gasteiger partial charge in [0.05, 0.1) is 11.1 Å². The van der Waals surface area contributed by atoms with Crippen LogP contribution in [-0.4, -0.2) is 33.0 Å². The molecule has 1 aromatic carbocycles. The van der Waals surface area contributed by atoms with Gasteiger partial charge in [-0.2, -0.15) is 5.10 Å². The summed E-state index contributed by atoms with van der Waals surface area (Å²) in [6, 6.07) is 8.70. The molecular formula is C15H16N4O2. The van der Waals surface area contributed by atoms with Crippen LogP contribution in [0, 0.1) is 6.92 Å². The first-order chi connectivity index (χ1) is 10.1. The van der Waals surface area contributed by atoms with Crippen molar-refractivity contribution in [2.45, 2.75) is 19.9 Å². The molecule has 6 heteroatoms. The van der Waals surface area contributed by atoms with Gasteiger partial charge in [-0.25, -0.2) is 0 Å². The van der Waals surface area contributed by atoms with E-state index in [4.69, 9.17) is 5.73 Å². The Morgan fingerprint density at radius 2 is 1.71 bits per heavy atom. The average molecular weight is 284 g/mol. The molecule has 0 saturated carbocycles. The first-order valence-electron chi connectivity index (χ1n) is 6.83. The summed E-state index contributed by atoms with van der Waals surface area (Å²) < 4.78 is 1.79. The predicted octanol–water partition coefficient (Wildman–Crippen LogP) is 1.46. The summed E-state index contributed by atoms with van der Waals surface area (Å²) in [5.41, 5.74) is 7.57. The number of nitrogen functional groups attached to an aromatic ring is 1. The van der Waals surface area contributed by atoms with Crippen molar-refractivity contribution in [3.05, 3.63) is 47.2 Å². The molecule has 1 aromatic heterocycles. The van der Waals surface area contributed by atoms with Crippen molar-refractivity contribution in [3.63, 3.8) is 0 Å². The summed E-state index contributed by atoms with van der Waals surface area (Å²) in [6.45, 7) is 2.92. The Hall–Kier alpha value is -2.63. The van der Waals surface area contributed by atoms with Gasteiger partial charge >= 0.3 is 0 Å². The third kappa shape index (κ3) is 2.29. The van der Waals surface area contributed by atoms with Gasteiger partial charge in [-0.3, -0.25) is 19.2 Å². The van der Waals surface area contributed by atoms with Gasteiger partial charge < -0.3 is 5.73 Å². The number of fused-ring (bicyclic) bond motifs is 1. The number of rotatable bonds is 4. The number of nitrogens with zero attached hydrogens (tertiary/aromatic N) is 3. The topological polar surface area (TPSA) is 81.2 Å². The van der Waals surface area contributed by atoms with Crippen LogP contribution in [0.15, 0.2) is 30.3 Å². The molecule has 1 aliphatic rings. The number of imide groups is 1. The molecule has 1 aliphatic heterocycles. The lowest BCUT2D eigenvalue weighted by atomic mass is 10.1. The maximum atomic E-state index is 12.2. The van der Waals surface area contributed by atoms with Crippen LogP contribution < -0.4 is 5.73 Å². The van der Waals surface area contributed by atoms with Crippen LogP contribution in [0.3, 0.4) is 0 Å². The zero-order valence-electron chi connectivity index (χ0n) is 11.7. The third-order valence-electron chi connectivity index (χ3n) is 3.63. The van der Waals surface area contributed by atoms with E-state index in [1.165, 1.54) is 4.90 Å². The lowest BCUT2D eigenvalue weighted by Crippen LogP contribution is -2.31. The molecule has 0 atom stereocenters. The number of carbonyl (C=O) groups excluding carboxylic acids is 2. The minimum Gasteiger partial charge on any atom is -0.382 e. The van der Waals surface area contributed by atoms with Crippen LogP contribution in [0.25, 0.3) is 0 Å². The highest BCUT2D eigenvalue weighted by atomic mass is 16.2. The molecule has 21 heavy (non-hydrogen) atoms. The highest BCUT2D eigenvalue weighted by Gasteiger charge is 2.34. The molecule has 2 heterocycles. The lowest BCUT2D eigenvalue weighted by molar-refractivity contribution is 0.0650. The standard InChI is InChI=1S/C15H16N4O2/c1-10-9-13(16)17-19(10)8-4-7-18-14(20)11-5-2-3-6-12(11)15(18)21/h2-3,5-6,9H,4,7-8H2,1H3,(H2,16,17). The molecule has 2 N–H and O–H groups in total. The van der Waals surface area contributed by atoms with E-state index in [1.54, 1.807) is 35.0 Å². The second kappa shape index (κ2) is 5.05. The van der Waals surface area contributed by atoms with E-state index >= 15 is 0 Å². The van der Waals surface area contributed by atoms with Crippen molar-refractivity contribution < 1.29 is 9.59 Å². The van der Waals surface area contributed by atoms with E-state index in [0.717, 1.165) is 5.69 Å². The molecular weight excluding hydrogens is 268 g/mol. The summed E-state index contributed by atoms with van der Waals surface area (Å²) in [7, 11) is 0. The molecule has 2 aromatic rings. The molecule has 0 unspecified atom stereocenters. The Balaban J connectivity index is 1.66. The van der Waals surface area contributed by atoms with Gasteiger partial charge in [0.25, 0.3) is 11.8 Å². The maximum Gasteiger partial charge on any atom is 0.261 e. The Morgan fingerprint density at radius 3 is 2.24 bits per heavy atom. The maximum absolute atomic E-state index is 12.2. The molecule has 0 spiro atoms. The fourth-order valence-electron chi connectivity index (χ4n) is 2.58. The molecule has 0 bridgehead atoms. The van der Waals surface area contributed by atoms with Crippen LogP contribution in [0.4, 0.5) is 5.82 Å². The minimum absolute atomic E-state index is 0.215. The van der Waals surface area contributed by atoms with Gasteiger partial charge in [-0.05, 0) is 25.5 Å². The van der Waals surface area contributed by atoms with Crippen molar-refractivity contribution >= 4 is 17.6 Å². The summed E-state index contributed by atoms with van der Waals surface area (Å²) >= 11 is 0. The number of carbonyl (C=O) groups is 2. The van der Waals surface area contributed by atoms with Crippen LogP contribution in [0.5, 0.6) is 0 Å². The summed E-state index contributed by atoms with van der Waals surface area (Å²) in [5.74, 6) is 0.0489. The molecule has 0 fully saturated rings. The number of nitrogens with two attached hydrogens (primary N) is 1. The number of aryl methyl sites for hydroxylation is 2. The molecule has 108 valence electrons. The highest BCUT2D eigenvalue weighted by molar-refractivity contribution is 6.21. The van der Waals surface area contributed by atoms with Crippen molar-refractivity contribution in [1.29, 1.82) is 0 Å². The molecule has 0 saturated heterocycles. The smallest absolute Gasteiger partial charge is 0.261 e. The second-order valence-electron chi connectivity index (χ2n) is 5.09. The number of hydrogen-bond acceptors (Lipinski definition) is 4. The lowest BCUT2D eigenvalue weighted by Gasteiger charge is -2.13. The molecule has 0 radical (unpaired) electrons. The molecule has 3 rings (SSSR count). The van der Waals surface area contributed by atoms with E-state index in [-0.39, 0.29) is 11.8 Å². The summed E-state index contributed by atoms with van der Waals surface area (Å²) in [6.07, 6.45) is 0.646. The van der Waals surface area contributed by atoms with E-state index in [1.807, 2.05) is 6.92 Å². The normalized spacial score (nSPS) is 13.9. The van der Waals surface area contributed by atoms with Crippen LogP contribution in [0.1, 0.15) is 32.8 Å². The SMILES string of the molecule is Cc1cc(N)nn1CCCN1C(=O)c2ccccc2C1=O. The summed E-state index contributed by atoms with van der Waals surface area (Å²) in [4.78, 5) is 25.7. The van der Waals surface area contributed by atoms with Crippen LogP contribution in [0.2, 0.25) is 0 Å². The van der Waals surface area contributed by atoms with E-state index in [0.29, 0.717) is 36.5 Å². The third-order valence-corrected chi connectivity index (χ3v) is 3.63. The van der Waals surface area contributed by atoms with Crippen LogP contribution >= 0.6 is 0 Å². The first kappa shape index (κ1) is 13.4. The fraction of sp³-hybridized carbons (Fsp3) is 0.267. The Morgan fingerprint density at radius 1 is 1.10 bits per heavy atom. The number of benzene rings is 1. The predicted molar refractivity (Wildman–Crippen MR) is 77.8 cm³/mol. The minimum atomic E-state index is -0.215. The Labute approximate surface area is 122 Å². The molecule has 6 nitrogen and oxygen atoms in total. The number of aromatic nitrogens is 2. The van der Waals surface area contributed by atoms with Gasteiger partial charge in [-0.1, -0.05) is 12.1 Å². The van der Waals surface area contributed by atoms with Gasteiger partial charge in [0.1, 0.15) is 5.82 Å². The first-order valence-corrected chi connectivity index (χ1v) is 6.83.